The van der Waals surface area contributed by atoms with Crippen LogP contribution in [0.5, 0.6) is 0 Å². The van der Waals surface area contributed by atoms with Gasteiger partial charge in [-0.3, -0.25) is 0 Å². The number of rotatable bonds is 2. The smallest absolute Gasteiger partial charge is 0.161 e. The Hall–Kier alpha value is 1.20. The lowest BCUT2D eigenvalue weighted by Gasteiger charge is -2.36. The fourth-order valence-corrected chi connectivity index (χ4v) is 23.4. The quantitative estimate of drug-likeness (QED) is 0.516. The molecule has 1 fully saturated rings. The zero-order valence-electron chi connectivity index (χ0n) is 5.58. The van der Waals surface area contributed by atoms with Gasteiger partial charge in [-0.2, -0.15) is 11.1 Å². The van der Waals surface area contributed by atoms with E-state index in [0.29, 0.717) is 0 Å². The Labute approximate surface area is 71.9 Å². The van der Waals surface area contributed by atoms with E-state index < -0.39 is 6.69 Å². The highest BCUT2D eigenvalue weighted by atomic mass is 79.9. The van der Waals surface area contributed by atoms with Crippen LogP contribution in [0, 0.1) is 0 Å². The highest BCUT2D eigenvalue weighted by Crippen LogP contribution is 2.42. The Kier molecular flexibility index (Phi) is 2.83. The van der Waals surface area contributed by atoms with E-state index in [2.05, 4.69) is 22.2 Å². The molecule has 1 aliphatic heterocycles. The highest BCUT2D eigenvalue weighted by molar-refractivity contribution is 9.26. The normalized spacial score (nSPS) is 25.7. The molecule has 1 rings (SSSR count). The first-order chi connectivity index (χ1) is 4.16. The number of halogens is 2. The maximum Gasteiger partial charge on any atom is 0.161 e. The first kappa shape index (κ1) is 8.30. The van der Waals surface area contributed by atoms with Gasteiger partial charge in [0.2, 0.25) is 0 Å². The molecule has 1 radical (unpaired) electrons. The monoisotopic (exact) mass is 241 g/mol. The van der Waals surface area contributed by atoms with E-state index >= 15 is 0 Å². The minimum absolute atomic E-state index is 0.334. The van der Waals surface area contributed by atoms with Crippen molar-refractivity contribution < 1.29 is 0 Å². The van der Waals surface area contributed by atoms with Gasteiger partial charge in [-0.05, 0) is 17.4 Å². The molecule has 53 valence electrons. The molecule has 0 spiro atoms. The van der Waals surface area contributed by atoms with Gasteiger partial charge >= 0.3 is 0 Å². The van der Waals surface area contributed by atoms with E-state index in [1.54, 1.807) is 0 Å². The molecule has 1 aliphatic rings. The van der Waals surface area contributed by atoms with Crippen molar-refractivity contribution in [1.29, 1.82) is 0 Å². The summed E-state index contributed by atoms with van der Waals surface area (Å²) in [4.78, 5) is 0. The van der Waals surface area contributed by atoms with Gasteiger partial charge in [-0.1, -0.05) is 13.3 Å². The summed E-state index contributed by atoms with van der Waals surface area (Å²) in [5.74, 6) is 0. The van der Waals surface area contributed by atoms with Crippen LogP contribution in [-0.2, 0) is 0 Å². The van der Waals surface area contributed by atoms with E-state index in [1.165, 1.54) is 23.8 Å². The van der Waals surface area contributed by atoms with Crippen LogP contribution < -0.4 is 0 Å². The average molecular weight is 243 g/mol. The maximum absolute atomic E-state index is 5.98. The third-order valence-corrected chi connectivity index (χ3v) is 19.9. The van der Waals surface area contributed by atoms with E-state index in [-0.39, 0.29) is 8.11 Å². The van der Waals surface area contributed by atoms with Gasteiger partial charge in [0.1, 0.15) is 6.69 Å². The summed E-state index contributed by atoms with van der Waals surface area (Å²) in [6, 6.07) is 1.44. The number of hydrogen-bond acceptors (Lipinski definition) is 0. The molecule has 4 heteroatoms. The Morgan fingerprint density at radius 2 is 2.22 bits per heavy atom. The summed E-state index contributed by atoms with van der Waals surface area (Å²) in [5, 5.41) is 0. The van der Waals surface area contributed by atoms with Crippen LogP contribution in [0.15, 0.2) is 0 Å². The Morgan fingerprint density at radius 3 is 2.56 bits per heavy atom. The summed E-state index contributed by atoms with van der Waals surface area (Å²) in [6.07, 6.45) is 1.34. The van der Waals surface area contributed by atoms with Crippen molar-refractivity contribution in [3.05, 3.63) is 0 Å². The van der Waals surface area contributed by atoms with Gasteiger partial charge < -0.3 is 0 Å². The maximum atomic E-state index is 5.98. The van der Waals surface area contributed by atoms with Crippen LogP contribution in [0.3, 0.4) is 0 Å². The van der Waals surface area contributed by atoms with Gasteiger partial charge in [0, 0.05) is 0 Å². The zero-order chi connectivity index (χ0) is 6.91. The van der Waals surface area contributed by atoms with E-state index in [1.807, 2.05) is 0 Å². The molecule has 0 aromatic rings. The van der Waals surface area contributed by atoms with Gasteiger partial charge in [0.05, 0.1) is 0 Å². The lowest BCUT2D eigenvalue weighted by atomic mass is 10.6. The predicted molar refractivity (Wildman–Crippen MR) is 51.0 cm³/mol. The van der Waals surface area contributed by atoms with Crippen molar-refractivity contribution in [1.82, 2.24) is 0 Å². The first-order valence-electron chi connectivity index (χ1n) is 3.35. The molecular weight excluding hydrogens is 232 g/mol. The Bertz CT molecular complexity index is 97.6. The second-order valence-corrected chi connectivity index (χ2v) is 16.1. The third-order valence-electron chi connectivity index (χ3n) is 1.72. The van der Waals surface area contributed by atoms with Gasteiger partial charge in [0.15, 0.2) is 8.11 Å². The second-order valence-electron chi connectivity index (χ2n) is 2.77. The van der Waals surface area contributed by atoms with Crippen molar-refractivity contribution >= 4 is 41.2 Å². The first-order valence-corrected chi connectivity index (χ1v) is 11.2. The van der Waals surface area contributed by atoms with Gasteiger partial charge in [-0.15, -0.1) is 15.3 Å². The molecule has 0 nitrogen and oxygen atoms in total. The van der Waals surface area contributed by atoms with Gasteiger partial charge in [0.25, 0.3) is 0 Å². The van der Waals surface area contributed by atoms with Crippen molar-refractivity contribution in [2.24, 2.45) is 0 Å². The van der Waals surface area contributed by atoms with E-state index in [4.69, 9.17) is 11.1 Å². The molecule has 1 heterocycles. The molecule has 0 atom stereocenters. The minimum atomic E-state index is -0.834. The Balaban J connectivity index is 2.23. The summed E-state index contributed by atoms with van der Waals surface area (Å²) in [6.45, 7) is 1.42. The van der Waals surface area contributed by atoms with Crippen molar-refractivity contribution in [2.45, 2.75) is 30.7 Å². The van der Waals surface area contributed by atoms with E-state index in [0.717, 1.165) is 0 Å². The molecule has 0 aromatic carbocycles. The lowest BCUT2D eigenvalue weighted by molar-refractivity contribution is 1.05. The van der Waals surface area contributed by atoms with Gasteiger partial charge in [-0.25, -0.2) is 0 Å². The average Bonchev–Trinajstić information content (AvgIpc) is 1.62. The molecular formula is C5H11BrClSi2. The second kappa shape index (κ2) is 3.07. The molecule has 0 bridgehead atoms. The highest BCUT2D eigenvalue weighted by Gasteiger charge is 2.44. The van der Waals surface area contributed by atoms with Crippen molar-refractivity contribution in [2.75, 3.05) is 0 Å². The number of hydrogen-bond donors (Lipinski definition) is 0. The fourth-order valence-electron chi connectivity index (χ4n) is 1.26. The summed E-state index contributed by atoms with van der Waals surface area (Å²) >= 11 is 9.82. The molecule has 9 heavy (non-hydrogen) atoms. The van der Waals surface area contributed by atoms with Crippen LogP contribution in [0.25, 0.3) is 0 Å². The fraction of sp³-hybridized carbons (Fsp3) is 1.00. The topological polar surface area (TPSA) is 0 Å². The van der Waals surface area contributed by atoms with Crippen LogP contribution in [0.2, 0.25) is 17.4 Å². The van der Waals surface area contributed by atoms with Crippen molar-refractivity contribution in [3.63, 3.8) is 0 Å². The standard InChI is InChI=1S/C5H11BrClSi2/c1-2-3-9(6)4-8(7)5-9/h2-5H2,1H3. The molecule has 1 saturated heterocycles. The molecule has 0 amide bonds. The van der Waals surface area contributed by atoms with Crippen molar-refractivity contribution in [3.8, 4) is 0 Å². The van der Waals surface area contributed by atoms with Crippen LogP contribution >= 0.6 is 26.4 Å². The predicted octanol–water partition coefficient (Wildman–Crippen LogP) is 3.06. The van der Waals surface area contributed by atoms with E-state index in [9.17, 15) is 0 Å². The third kappa shape index (κ3) is 2.07. The molecule has 0 unspecified atom stereocenters. The molecule has 0 aromatic heterocycles. The van der Waals surface area contributed by atoms with Crippen LogP contribution in [0.4, 0.5) is 0 Å². The minimum Gasteiger partial charge on any atom is -0.170 e. The Morgan fingerprint density at radius 1 is 1.67 bits per heavy atom. The summed E-state index contributed by atoms with van der Waals surface area (Å²) in [5.41, 5.74) is 2.79. The molecule has 0 aliphatic carbocycles. The zero-order valence-corrected chi connectivity index (χ0v) is 9.93. The summed E-state index contributed by atoms with van der Waals surface area (Å²) < 4.78 is 0. The largest absolute Gasteiger partial charge is 0.170 e. The van der Waals surface area contributed by atoms with Crippen LogP contribution in [0.1, 0.15) is 13.3 Å². The molecule has 0 saturated carbocycles. The van der Waals surface area contributed by atoms with Crippen LogP contribution in [-0.4, -0.2) is 14.8 Å². The summed E-state index contributed by atoms with van der Waals surface area (Å²) in [7, 11) is -0.334. The molecule has 0 N–H and O–H groups in total. The SMILES string of the molecule is CCC[Si]1(Br)C[Si](Cl)C1. The lowest BCUT2D eigenvalue weighted by Crippen LogP contribution is -2.45.